The lowest BCUT2D eigenvalue weighted by Gasteiger charge is -2.35. The van der Waals surface area contributed by atoms with Crippen LogP contribution < -0.4 is 0 Å². The van der Waals surface area contributed by atoms with Crippen molar-refractivity contribution in [3.8, 4) is 0 Å². The Balaban J connectivity index is 2.19. The Bertz CT molecular complexity index is 237. The first-order valence-corrected chi connectivity index (χ1v) is 6.56. The van der Waals surface area contributed by atoms with Gasteiger partial charge in [0.2, 0.25) is 0 Å². The molecule has 0 saturated carbocycles. The topological polar surface area (TPSA) is 49.8 Å². The molecule has 1 heterocycles. The Hall–Kier alpha value is -0.450. The molecule has 0 spiro atoms. The number of ketones is 1. The van der Waals surface area contributed by atoms with Crippen LogP contribution in [0.4, 0.5) is 0 Å². The van der Waals surface area contributed by atoms with E-state index in [0.717, 1.165) is 13.0 Å². The summed E-state index contributed by atoms with van der Waals surface area (Å²) in [5.74, 6) is 0.322. The smallest absolute Gasteiger partial charge is 0.132 e. The molecule has 4 nitrogen and oxygen atoms in total. The Kier molecular flexibility index (Phi) is 6.09. The molecule has 0 unspecified atom stereocenters. The maximum Gasteiger partial charge on any atom is 0.132 e. The van der Waals surface area contributed by atoms with Crippen molar-refractivity contribution in [1.82, 2.24) is 4.90 Å². The molecule has 1 rings (SSSR count). The van der Waals surface area contributed by atoms with Crippen LogP contribution in [-0.2, 0) is 9.53 Å². The predicted octanol–water partition coefficient (Wildman–Crippen LogP) is 1.22. The molecule has 0 bridgehead atoms. The van der Waals surface area contributed by atoms with Crippen LogP contribution >= 0.6 is 0 Å². The number of carbonyl (C=O) groups excluding carboxylic acids is 1. The maximum atomic E-state index is 11.2. The van der Waals surface area contributed by atoms with Gasteiger partial charge in [0.1, 0.15) is 5.78 Å². The third kappa shape index (κ3) is 5.61. The molecule has 1 aliphatic heterocycles. The highest BCUT2D eigenvalue weighted by Gasteiger charge is 2.30. The summed E-state index contributed by atoms with van der Waals surface area (Å²) in [7, 11) is 2.00. The van der Waals surface area contributed by atoms with Crippen LogP contribution in [0.2, 0.25) is 0 Å². The molecular weight excluding hydrogens is 218 g/mol. The first kappa shape index (κ1) is 14.6. The Labute approximate surface area is 104 Å². The molecule has 0 radical (unpaired) electrons. The second-order valence-electron chi connectivity index (χ2n) is 5.07. The van der Waals surface area contributed by atoms with Crippen molar-refractivity contribution < 1.29 is 14.6 Å². The van der Waals surface area contributed by atoms with Gasteiger partial charge in [0, 0.05) is 45.4 Å². The standard InChI is InChI=1S/C13H25NO3/c1-3-12(15)5-4-8-14(2)11-13(16)6-9-17-10-7-13/h16H,3-11H2,1-2H3. The van der Waals surface area contributed by atoms with E-state index in [1.807, 2.05) is 14.0 Å². The van der Waals surface area contributed by atoms with Gasteiger partial charge < -0.3 is 14.7 Å². The van der Waals surface area contributed by atoms with E-state index in [0.29, 0.717) is 51.2 Å². The van der Waals surface area contributed by atoms with Crippen LogP contribution in [0.1, 0.15) is 39.0 Å². The average molecular weight is 243 g/mol. The van der Waals surface area contributed by atoms with E-state index in [1.165, 1.54) is 0 Å². The predicted molar refractivity (Wildman–Crippen MR) is 67.0 cm³/mol. The van der Waals surface area contributed by atoms with Crippen molar-refractivity contribution in [2.75, 3.05) is 33.4 Å². The van der Waals surface area contributed by atoms with Crippen molar-refractivity contribution in [1.29, 1.82) is 0 Å². The molecule has 0 atom stereocenters. The Morgan fingerprint density at radius 2 is 2.06 bits per heavy atom. The SMILES string of the molecule is CCC(=O)CCCN(C)CC1(O)CCOCC1. The molecule has 0 aromatic heterocycles. The summed E-state index contributed by atoms with van der Waals surface area (Å²) in [5, 5.41) is 10.3. The van der Waals surface area contributed by atoms with Crippen LogP contribution in [-0.4, -0.2) is 54.7 Å². The van der Waals surface area contributed by atoms with Crippen LogP contribution in [0, 0.1) is 0 Å². The third-order valence-corrected chi connectivity index (χ3v) is 3.38. The molecule has 100 valence electrons. The second kappa shape index (κ2) is 7.09. The molecule has 1 N–H and O–H groups in total. The van der Waals surface area contributed by atoms with Gasteiger partial charge in [0.25, 0.3) is 0 Å². The van der Waals surface area contributed by atoms with Crippen LogP contribution in [0.3, 0.4) is 0 Å². The molecule has 0 aromatic rings. The number of nitrogens with zero attached hydrogens (tertiary/aromatic N) is 1. The average Bonchev–Trinajstić information content (AvgIpc) is 2.29. The van der Waals surface area contributed by atoms with Crippen molar-refractivity contribution in [2.24, 2.45) is 0 Å². The highest BCUT2D eigenvalue weighted by Crippen LogP contribution is 2.21. The fourth-order valence-corrected chi connectivity index (χ4v) is 2.21. The Morgan fingerprint density at radius 1 is 1.41 bits per heavy atom. The van der Waals surface area contributed by atoms with Crippen molar-refractivity contribution >= 4 is 5.78 Å². The van der Waals surface area contributed by atoms with E-state index >= 15 is 0 Å². The zero-order valence-corrected chi connectivity index (χ0v) is 11.1. The van der Waals surface area contributed by atoms with E-state index in [1.54, 1.807) is 0 Å². The van der Waals surface area contributed by atoms with E-state index in [-0.39, 0.29) is 0 Å². The largest absolute Gasteiger partial charge is 0.388 e. The van der Waals surface area contributed by atoms with Crippen molar-refractivity contribution in [3.05, 3.63) is 0 Å². The molecule has 0 amide bonds. The highest BCUT2D eigenvalue weighted by atomic mass is 16.5. The van der Waals surface area contributed by atoms with Gasteiger partial charge in [-0.1, -0.05) is 6.92 Å². The van der Waals surface area contributed by atoms with Crippen molar-refractivity contribution in [2.45, 2.75) is 44.6 Å². The summed E-state index contributed by atoms with van der Waals surface area (Å²) >= 11 is 0. The van der Waals surface area contributed by atoms with Gasteiger partial charge in [-0.05, 0) is 20.0 Å². The first-order chi connectivity index (χ1) is 8.06. The molecule has 1 aliphatic rings. The second-order valence-corrected chi connectivity index (χ2v) is 5.07. The minimum Gasteiger partial charge on any atom is -0.388 e. The lowest BCUT2D eigenvalue weighted by Crippen LogP contribution is -2.45. The zero-order valence-electron chi connectivity index (χ0n) is 11.1. The van der Waals surface area contributed by atoms with E-state index in [4.69, 9.17) is 4.74 Å². The minimum atomic E-state index is -0.595. The number of carbonyl (C=O) groups is 1. The van der Waals surface area contributed by atoms with E-state index in [2.05, 4.69) is 4.90 Å². The lowest BCUT2D eigenvalue weighted by molar-refractivity contribution is -0.118. The number of Topliss-reactive ketones (excluding diaryl/α,β-unsaturated/α-hetero) is 1. The normalized spacial score (nSPS) is 19.5. The summed E-state index contributed by atoms with van der Waals surface area (Å²) in [4.78, 5) is 13.3. The molecular formula is C13H25NO3. The van der Waals surface area contributed by atoms with Gasteiger partial charge >= 0.3 is 0 Å². The zero-order chi connectivity index (χ0) is 12.7. The number of hydrogen-bond acceptors (Lipinski definition) is 4. The number of likely N-dealkylation sites (N-methyl/N-ethyl adjacent to an activating group) is 1. The molecule has 0 aromatic carbocycles. The summed E-state index contributed by atoms with van der Waals surface area (Å²) in [6.07, 6.45) is 3.60. The van der Waals surface area contributed by atoms with Gasteiger partial charge in [-0.15, -0.1) is 0 Å². The van der Waals surface area contributed by atoms with Gasteiger partial charge in [-0.25, -0.2) is 0 Å². The Morgan fingerprint density at radius 3 is 2.65 bits per heavy atom. The van der Waals surface area contributed by atoms with E-state index in [9.17, 15) is 9.90 Å². The fourth-order valence-electron chi connectivity index (χ4n) is 2.21. The summed E-state index contributed by atoms with van der Waals surface area (Å²) < 4.78 is 5.25. The summed E-state index contributed by atoms with van der Waals surface area (Å²) in [6, 6.07) is 0. The highest BCUT2D eigenvalue weighted by molar-refractivity contribution is 5.77. The summed E-state index contributed by atoms with van der Waals surface area (Å²) in [6.45, 7) is 4.75. The molecule has 0 aliphatic carbocycles. The monoisotopic (exact) mass is 243 g/mol. The molecule has 1 fully saturated rings. The van der Waals surface area contributed by atoms with Gasteiger partial charge in [0.05, 0.1) is 5.60 Å². The summed E-state index contributed by atoms with van der Waals surface area (Å²) in [5.41, 5.74) is -0.595. The van der Waals surface area contributed by atoms with Gasteiger partial charge in [-0.2, -0.15) is 0 Å². The lowest BCUT2D eigenvalue weighted by atomic mass is 9.94. The van der Waals surface area contributed by atoms with Crippen molar-refractivity contribution in [3.63, 3.8) is 0 Å². The van der Waals surface area contributed by atoms with Crippen LogP contribution in [0.5, 0.6) is 0 Å². The van der Waals surface area contributed by atoms with Gasteiger partial charge in [0.15, 0.2) is 0 Å². The maximum absolute atomic E-state index is 11.2. The third-order valence-electron chi connectivity index (χ3n) is 3.38. The minimum absolute atomic E-state index is 0.322. The van der Waals surface area contributed by atoms with Gasteiger partial charge in [-0.3, -0.25) is 4.79 Å². The quantitative estimate of drug-likeness (QED) is 0.730. The fraction of sp³-hybridized carbons (Fsp3) is 0.923. The number of hydrogen-bond donors (Lipinski definition) is 1. The van der Waals surface area contributed by atoms with Crippen LogP contribution in [0.25, 0.3) is 0 Å². The molecule has 17 heavy (non-hydrogen) atoms. The number of rotatable bonds is 7. The molecule has 1 saturated heterocycles. The molecule has 4 heteroatoms. The van der Waals surface area contributed by atoms with Crippen LogP contribution in [0.15, 0.2) is 0 Å². The first-order valence-electron chi connectivity index (χ1n) is 6.56. The number of ether oxygens (including phenoxy) is 1. The number of aliphatic hydroxyl groups is 1. The van der Waals surface area contributed by atoms with E-state index < -0.39 is 5.60 Å².